The van der Waals surface area contributed by atoms with Crippen molar-refractivity contribution in [3.63, 3.8) is 0 Å². The molecule has 0 spiro atoms. The monoisotopic (exact) mass is 278 g/mol. The van der Waals surface area contributed by atoms with E-state index in [0.29, 0.717) is 13.0 Å². The number of benzene rings is 1. The Morgan fingerprint density at radius 3 is 2.90 bits per heavy atom. The summed E-state index contributed by atoms with van der Waals surface area (Å²) in [4.78, 5) is 11.9. The highest BCUT2D eigenvalue weighted by atomic mass is 16.5. The SMILES string of the molecule is C[C@H](CCO)NC(=O)NC1CCOC1c1ccccc1. The second-order valence-electron chi connectivity index (χ2n) is 5.13. The van der Waals surface area contributed by atoms with Gasteiger partial charge in [0.15, 0.2) is 0 Å². The normalized spacial score (nSPS) is 23.3. The minimum absolute atomic E-state index is 0.0151. The summed E-state index contributed by atoms with van der Waals surface area (Å²) in [6.07, 6.45) is 1.27. The van der Waals surface area contributed by atoms with Gasteiger partial charge in [-0.2, -0.15) is 0 Å². The molecular weight excluding hydrogens is 256 g/mol. The number of ether oxygens (including phenoxy) is 1. The van der Waals surface area contributed by atoms with Gasteiger partial charge in [-0.3, -0.25) is 0 Å². The largest absolute Gasteiger partial charge is 0.396 e. The van der Waals surface area contributed by atoms with Crippen LogP contribution in [0.2, 0.25) is 0 Å². The molecule has 0 radical (unpaired) electrons. The summed E-state index contributed by atoms with van der Waals surface area (Å²) in [7, 11) is 0. The first-order valence-corrected chi connectivity index (χ1v) is 7.05. The highest BCUT2D eigenvalue weighted by molar-refractivity contribution is 5.74. The van der Waals surface area contributed by atoms with E-state index in [9.17, 15) is 4.79 Å². The molecule has 1 aliphatic rings. The van der Waals surface area contributed by atoms with Crippen LogP contribution in [0.4, 0.5) is 4.79 Å². The minimum atomic E-state index is -0.206. The Balaban J connectivity index is 1.90. The molecule has 1 aromatic carbocycles. The van der Waals surface area contributed by atoms with Gasteiger partial charge in [-0.05, 0) is 25.3 Å². The molecule has 1 fully saturated rings. The Morgan fingerprint density at radius 2 is 2.20 bits per heavy atom. The number of amides is 2. The molecule has 1 heterocycles. The lowest BCUT2D eigenvalue weighted by molar-refractivity contribution is 0.0998. The van der Waals surface area contributed by atoms with E-state index in [1.165, 1.54) is 0 Å². The Bertz CT molecular complexity index is 424. The van der Waals surface area contributed by atoms with E-state index >= 15 is 0 Å². The Labute approximate surface area is 119 Å². The fraction of sp³-hybridized carbons (Fsp3) is 0.533. The number of hydrogen-bond donors (Lipinski definition) is 3. The molecule has 3 atom stereocenters. The molecule has 0 aliphatic carbocycles. The third-order valence-electron chi connectivity index (χ3n) is 3.48. The van der Waals surface area contributed by atoms with Gasteiger partial charge in [0.05, 0.1) is 6.04 Å². The number of nitrogens with one attached hydrogen (secondary N) is 2. The van der Waals surface area contributed by atoms with Gasteiger partial charge >= 0.3 is 6.03 Å². The third-order valence-corrected chi connectivity index (χ3v) is 3.48. The van der Waals surface area contributed by atoms with Gasteiger partial charge in [-0.1, -0.05) is 30.3 Å². The fourth-order valence-electron chi connectivity index (χ4n) is 2.41. The molecule has 5 nitrogen and oxygen atoms in total. The second-order valence-corrected chi connectivity index (χ2v) is 5.13. The molecule has 2 amide bonds. The summed E-state index contributed by atoms with van der Waals surface area (Å²) in [6.45, 7) is 2.59. The average Bonchev–Trinajstić information content (AvgIpc) is 2.87. The van der Waals surface area contributed by atoms with Gasteiger partial charge in [0.2, 0.25) is 0 Å². The molecule has 3 N–H and O–H groups in total. The summed E-state index contributed by atoms with van der Waals surface area (Å²) < 4.78 is 5.72. The van der Waals surface area contributed by atoms with Crippen molar-refractivity contribution in [2.24, 2.45) is 0 Å². The van der Waals surface area contributed by atoms with Gasteiger partial charge in [0.25, 0.3) is 0 Å². The highest BCUT2D eigenvalue weighted by Gasteiger charge is 2.30. The second kappa shape index (κ2) is 7.26. The van der Waals surface area contributed by atoms with E-state index in [4.69, 9.17) is 9.84 Å². The molecule has 0 aromatic heterocycles. The molecule has 20 heavy (non-hydrogen) atoms. The van der Waals surface area contributed by atoms with Crippen LogP contribution in [0.15, 0.2) is 30.3 Å². The average molecular weight is 278 g/mol. The van der Waals surface area contributed by atoms with Crippen molar-refractivity contribution in [2.45, 2.75) is 38.0 Å². The summed E-state index contributed by atoms with van der Waals surface area (Å²) in [5.74, 6) is 0. The summed E-state index contributed by atoms with van der Waals surface area (Å²) in [5.41, 5.74) is 1.08. The van der Waals surface area contributed by atoms with Crippen molar-refractivity contribution in [3.05, 3.63) is 35.9 Å². The molecule has 1 aromatic rings. The number of aliphatic hydroxyl groups excluding tert-OH is 1. The molecule has 5 heteroatoms. The maximum Gasteiger partial charge on any atom is 0.315 e. The predicted molar refractivity (Wildman–Crippen MR) is 76.4 cm³/mol. The van der Waals surface area contributed by atoms with Crippen molar-refractivity contribution in [1.82, 2.24) is 10.6 Å². The lowest BCUT2D eigenvalue weighted by Crippen LogP contribution is -2.46. The first kappa shape index (κ1) is 14.8. The van der Waals surface area contributed by atoms with Gasteiger partial charge in [-0.15, -0.1) is 0 Å². The van der Waals surface area contributed by atoms with Gasteiger partial charge in [-0.25, -0.2) is 4.79 Å². The summed E-state index contributed by atoms with van der Waals surface area (Å²) >= 11 is 0. The van der Waals surface area contributed by atoms with Crippen LogP contribution >= 0.6 is 0 Å². The van der Waals surface area contributed by atoms with E-state index in [2.05, 4.69) is 10.6 Å². The topological polar surface area (TPSA) is 70.6 Å². The number of urea groups is 1. The van der Waals surface area contributed by atoms with E-state index in [-0.39, 0.29) is 30.8 Å². The molecule has 2 rings (SSSR count). The molecule has 1 aliphatic heterocycles. The fourth-order valence-corrected chi connectivity index (χ4v) is 2.41. The summed E-state index contributed by atoms with van der Waals surface area (Å²) in [5, 5.41) is 14.6. The van der Waals surface area contributed by atoms with Crippen LogP contribution in [0.25, 0.3) is 0 Å². The zero-order valence-electron chi connectivity index (χ0n) is 11.7. The number of rotatable bonds is 5. The number of hydrogen-bond acceptors (Lipinski definition) is 3. The quantitative estimate of drug-likeness (QED) is 0.766. The molecule has 1 saturated heterocycles. The van der Waals surface area contributed by atoms with E-state index in [1.807, 2.05) is 37.3 Å². The van der Waals surface area contributed by atoms with Crippen molar-refractivity contribution in [1.29, 1.82) is 0 Å². The van der Waals surface area contributed by atoms with E-state index < -0.39 is 0 Å². The first-order chi connectivity index (χ1) is 9.70. The van der Waals surface area contributed by atoms with Crippen LogP contribution in [0, 0.1) is 0 Å². The zero-order valence-corrected chi connectivity index (χ0v) is 11.7. The maximum atomic E-state index is 11.9. The van der Waals surface area contributed by atoms with Crippen molar-refractivity contribution < 1.29 is 14.6 Å². The van der Waals surface area contributed by atoms with E-state index in [1.54, 1.807) is 0 Å². The van der Waals surface area contributed by atoms with Gasteiger partial charge < -0.3 is 20.5 Å². The molecule has 0 bridgehead atoms. The number of carbonyl (C=O) groups excluding carboxylic acids is 1. The van der Waals surface area contributed by atoms with Gasteiger partial charge in [0, 0.05) is 19.3 Å². The Hall–Kier alpha value is -1.59. The molecule has 2 unspecified atom stereocenters. The first-order valence-electron chi connectivity index (χ1n) is 7.05. The van der Waals surface area contributed by atoms with Crippen LogP contribution < -0.4 is 10.6 Å². The summed E-state index contributed by atoms with van der Waals surface area (Å²) in [6, 6.07) is 9.66. The van der Waals surface area contributed by atoms with E-state index in [0.717, 1.165) is 12.0 Å². The smallest absolute Gasteiger partial charge is 0.315 e. The molecular formula is C15H22N2O3. The zero-order chi connectivity index (χ0) is 14.4. The lowest BCUT2D eigenvalue weighted by Gasteiger charge is -2.22. The van der Waals surface area contributed by atoms with Crippen molar-refractivity contribution >= 4 is 6.03 Å². The predicted octanol–water partition coefficient (Wildman–Crippen LogP) is 1.59. The van der Waals surface area contributed by atoms with Crippen LogP contribution in [0.5, 0.6) is 0 Å². The molecule has 110 valence electrons. The third kappa shape index (κ3) is 3.95. The Morgan fingerprint density at radius 1 is 1.45 bits per heavy atom. The van der Waals surface area contributed by atoms with Crippen LogP contribution in [0.3, 0.4) is 0 Å². The minimum Gasteiger partial charge on any atom is -0.396 e. The lowest BCUT2D eigenvalue weighted by atomic mass is 10.0. The van der Waals surface area contributed by atoms with Crippen LogP contribution in [-0.4, -0.2) is 36.4 Å². The van der Waals surface area contributed by atoms with Crippen molar-refractivity contribution in [3.8, 4) is 0 Å². The van der Waals surface area contributed by atoms with Crippen molar-refractivity contribution in [2.75, 3.05) is 13.2 Å². The number of carbonyl (C=O) groups is 1. The van der Waals surface area contributed by atoms with Gasteiger partial charge in [0.1, 0.15) is 6.10 Å². The van der Waals surface area contributed by atoms with Crippen LogP contribution in [0.1, 0.15) is 31.4 Å². The van der Waals surface area contributed by atoms with Crippen LogP contribution in [-0.2, 0) is 4.74 Å². The maximum absolute atomic E-state index is 11.9. The number of aliphatic hydroxyl groups is 1. The standard InChI is InChI=1S/C15H22N2O3/c1-11(7-9-18)16-15(19)17-13-8-10-20-14(13)12-5-3-2-4-6-12/h2-6,11,13-14,18H,7-10H2,1H3,(H2,16,17,19)/t11-,13?,14?/m1/s1. The molecule has 0 saturated carbocycles. The Kier molecular flexibility index (Phi) is 5.38. The highest BCUT2D eigenvalue weighted by Crippen LogP contribution is 2.28.